The minimum absolute atomic E-state index is 0.0636. The van der Waals surface area contributed by atoms with Crippen molar-refractivity contribution in [3.8, 4) is 5.75 Å². The van der Waals surface area contributed by atoms with E-state index in [1.165, 1.54) is 12.1 Å². The lowest BCUT2D eigenvalue weighted by atomic mass is 10.1. The minimum atomic E-state index is -0.798. The third-order valence-electron chi connectivity index (χ3n) is 3.94. The molecule has 0 radical (unpaired) electrons. The van der Waals surface area contributed by atoms with Gasteiger partial charge in [-0.05, 0) is 36.3 Å². The number of nitrogens with one attached hydrogen (secondary N) is 1. The Morgan fingerprint density at radius 2 is 1.72 bits per heavy atom. The maximum atomic E-state index is 12.7. The van der Waals surface area contributed by atoms with E-state index < -0.39 is 17.8 Å². The van der Waals surface area contributed by atoms with Crippen molar-refractivity contribution in [3.63, 3.8) is 0 Å². The molecule has 0 spiro atoms. The number of imide groups is 2. The lowest BCUT2D eigenvalue weighted by Crippen LogP contribution is -2.54. The second kappa shape index (κ2) is 6.60. The molecular weight excluding hydrogens is 320 g/mol. The summed E-state index contributed by atoms with van der Waals surface area (Å²) in [5, 5.41) is 12.0. The van der Waals surface area contributed by atoms with E-state index in [1.807, 2.05) is 19.1 Å². The molecule has 4 amide bonds. The molecule has 1 aliphatic rings. The molecule has 1 fully saturated rings. The second-order valence-electron chi connectivity index (χ2n) is 5.54. The van der Waals surface area contributed by atoms with Gasteiger partial charge in [-0.1, -0.05) is 37.3 Å². The second-order valence-corrected chi connectivity index (χ2v) is 5.54. The summed E-state index contributed by atoms with van der Waals surface area (Å²) < 4.78 is 0. The summed E-state index contributed by atoms with van der Waals surface area (Å²) in [7, 11) is 0. The molecule has 126 valence electrons. The van der Waals surface area contributed by atoms with Gasteiger partial charge < -0.3 is 5.11 Å². The van der Waals surface area contributed by atoms with Crippen molar-refractivity contribution in [3.05, 3.63) is 65.2 Å². The molecular formula is C19H16N2O4. The van der Waals surface area contributed by atoms with Crippen LogP contribution in [0.3, 0.4) is 0 Å². The normalized spacial score (nSPS) is 16.3. The number of carbonyl (C=O) groups is 3. The predicted molar refractivity (Wildman–Crippen MR) is 92.9 cm³/mol. The van der Waals surface area contributed by atoms with Crippen molar-refractivity contribution in [1.29, 1.82) is 0 Å². The summed E-state index contributed by atoms with van der Waals surface area (Å²) in [5.41, 5.74) is 1.53. The summed E-state index contributed by atoms with van der Waals surface area (Å²) in [6.45, 7) is 2.00. The van der Waals surface area contributed by atoms with Crippen LogP contribution in [-0.4, -0.2) is 23.0 Å². The van der Waals surface area contributed by atoms with E-state index in [-0.39, 0.29) is 11.3 Å². The van der Waals surface area contributed by atoms with Gasteiger partial charge >= 0.3 is 6.03 Å². The van der Waals surface area contributed by atoms with Gasteiger partial charge in [0.2, 0.25) is 0 Å². The summed E-state index contributed by atoms with van der Waals surface area (Å²) in [5.74, 6) is -1.59. The number of carbonyl (C=O) groups excluding carboxylic acids is 3. The molecule has 2 aromatic carbocycles. The van der Waals surface area contributed by atoms with Gasteiger partial charge in [-0.15, -0.1) is 0 Å². The van der Waals surface area contributed by atoms with Crippen molar-refractivity contribution >= 4 is 29.6 Å². The van der Waals surface area contributed by atoms with E-state index in [0.717, 1.165) is 16.9 Å². The van der Waals surface area contributed by atoms with Crippen LogP contribution in [0.1, 0.15) is 18.1 Å². The Labute approximate surface area is 144 Å². The van der Waals surface area contributed by atoms with Crippen molar-refractivity contribution in [2.45, 2.75) is 13.3 Å². The molecule has 6 heteroatoms. The fourth-order valence-electron chi connectivity index (χ4n) is 2.54. The van der Waals surface area contributed by atoms with Gasteiger partial charge in [0.1, 0.15) is 11.3 Å². The zero-order chi connectivity index (χ0) is 18.0. The predicted octanol–water partition coefficient (Wildman–Crippen LogP) is 2.62. The van der Waals surface area contributed by atoms with Crippen LogP contribution in [0.15, 0.2) is 54.1 Å². The number of nitrogens with zero attached hydrogens (tertiary/aromatic N) is 1. The molecule has 6 nitrogen and oxygen atoms in total. The van der Waals surface area contributed by atoms with Crippen molar-refractivity contribution in [1.82, 2.24) is 5.32 Å². The highest BCUT2D eigenvalue weighted by Crippen LogP contribution is 2.24. The Morgan fingerprint density at radius 1 is 1.04 bits per heavy atom. The van der Waals surface area contributed by atoms with E-state index in [1.54, 1.807) is 30.3 Å². The lowest BCUT2D eigenvalue weighted by molar-refractivity contribution is -0.122. The molecule has 2 aromatic rings. The fraction of sp³-hybridized carbons (Fsp3) is 0.105. The highest BCUT2D eigenvalue weighted by atomic mass is 16.3. The number of aryl methyl sites for hydroxylation is 1. The van der Waals surface area contributed by atoms with Gasteiger partial charge in [0.05, 0.1) is 5.69 Å². The molecule has 2 N–H and O–H groups in total. The van der Waals surface area contributed by atoms with Crippen LogP contribution >= 0.6 is 0 Å². The number of phenols is 1. The van der Waals surface area contributed by atoms with Gasteiger partial charge in [0.25, 0.3) is 11.8 Å². The quantitative estimate of drug-likeness (QED) is 0.666. The number of hydrogen-bond donors (Lipinski definition) is 2. The molecule has 1 saturated heterocycles. The van der Waals surface area contributed by atoms with Gasteiger partial charge in [0, 0.05) is 5.56 Å². The molecule has 0 atom stereocenters. The van der Waals surface area contributed by atoms with Gasteiger partial charge in [-0.3, -0.25) is 14.9 Å². The first-order chi connectivity index (χ1) is 12.0. The SMILES string of the molecule is CCc1ccc(N2C(=O)NC(=O)C(=Cc3ccccc3O)C2=O)cc1. The molecule has 0 aliphatic carbocycles. The van der Waals surface area contributed by atoms with E-state index in [4.69, 9.17) is 0 Å². The summed E-state index contributed by atoms with van der Waals surface area (Å²) in [4.78, 5) is 37.8. The number of amides is 4. The molecule has 0 unspecified atom stereocenters. The highest BCUT2D eigenvalue weighted by molar-refractivity contribution is 6.39. The number of hydrogen-bond acceptors (Lipinski definition) is 4. The van der Waals surface area contributed by atoms with Crippen LogP contribution in [0.2, 0.25) is 0 Å². The summed E-state index contributed by atoms with van der Waals surface area (Å²) >= 11 is 0. The average Bonchev–Trinajstić information content (AvgIpc) is 2.60. The Hall–Kier alpha value is -3.41. The average molecular weight is 336 g/mol. The lowest BCUT2D eigenvalue weighted by Gasteiger charge is -2.26. The number of rotatable bonds is 3. The first-order valence-corrected chi connectivity index (χ1v) is 7.79. The van der Waals surface area contributed by atoms with Crippen LogP contribution in [0.5, 0.6) is 5.75 Å². The number of benzene rings is 2. The fourth-order valence-corrected chi connectivity index (χ4v) is 2.54. The third-order valence-corrected chi connectivity index (χ3v) is 3.94. The summed E-state index contributed by atoms with van der Waals surface area (Å²) in [6.07, 6.45) is 2.10. The van der Waals surface area contributed by atoms with Crippen molar-refractivity contribution in [2.24, 2.45) is 0 Å². The van der Waals surface area contributed by atoms with Crippen LogP contribution < -0.4 is 10.2 Å². The van der Waals surface area contributed by atoms with E-state index >= 15 is 0 Å². The maximum absolute atomic E-state index is 12.7. The molecule has 0 aromatic heterocycles. The van der Waals surface area contributed by atoms with Crippen LogP contribution in [0, 0.1) is 0 Å². The van der Waals surface area contributed by atoms with Crippen LogP contribution in [0.25, 0.3) is 6.08 Å². The molecule has 1 aliphatic heterocycles. The number of urea groups is 1. The zero-order valence-electron chi connectivity index (χ0n) is 13.5. The van der Waals surface area contributed by atoms with Crippen molar-refractivity contribution in [2.75, 3.05) is 4.90 Å². The molecule has 25 heavy (non-hydrogen) atoms. The van der Waals surface area contributed by atoms with Crippen LogP contribution in [-0.2, 0) is 16.0 Å². The number of barbiturate groups is 1. The maximum Gasteiger partial charge on any atom is 0.335 e. The Kier molecular flexibility index (Phi) is 4.35. The van der Waals surface area contributed by atoms with Gasteiger partial charge in [-0.2, -0.15) is 0 Å². The van der Waals surface area contributed by atoms with Gasteiger partial charge in [0.15, 0.2) is 0 Å². The van der Waals surface area contributed by atoms with Crippen molar-refractivity contribution < 1.29 is 19.5 Å². The molecule has 0 bridgehead atoms. The monoisotopic (exact) mass is 336 g/mol. The van der Waals surface area contributed by atoms with E-state index in [2.05, 4.69) is 5.32 Å². The summed E-state index contributed by atoms with van der Waals surface area (Å²) in [6, 6.07) is 12.5. The van der Waals surface area contributed by atoms with E-state index in [9.17, 15) is 19.5 Å². The largest absolute Gasteiger partial charge is 0.507 e. The smallest absolute Gasteiger partial charge is 0.335 e. The first-order valence-electron chi connectivity index (χ1n) is 7.79. The van der Waals surface area contributed by atoms with Gasteiger partial charge in [-0.25, -0.2) is 9.69 Å². The Bertz CT molecular complexity index is 885. The minimum Gasteiger partial charge on any atom is -0.507 e. The number of phenolic OH excluding ortho intramolecular Hbond substituents is 1. The molecule has 3 rings (SSSR count). The van der Waals surface area contributed by atoms with E-state index in [0.29, 0.717) is 11.3 Å². The Morgan fingerprint density at radius 3 is 2.36 bits per heavy atom. The zero-order valence-corrected chi connectivity index (χ0v) is 13.5. The number of anilines is 1. The topological polar surface area (TPSA) is 86.7 Å². The first kappa shape index (κ1) is 16.4. The molecule has 1 heterocycles. The standard InChI is InChI=1S/C19H16N2O4/c1-2-12-7-9-14(10-8-12)21-18(24)15(17(23)20-19(21)25)11-13-5-3-4-6-16(13)22/h3-11,22H,2H2,1H3,(H,20,23,25). The third kappa shape index (κ3) is 3.14. The number of para-hydroxylation sites is 1. The molecule has 0 saturated carbocycles. The van der Waals surface area contributed by atoms with Crippen LogP contribution in [0.4, 0.5) is 10.5 Å². The number of aromatic hydroxyl groups is 1. The Balaban J connectivity index is 2.01. The highest BCUT2D eigenvalue weighted by Gasteiger charge is 2.36.